The van der Waals surface area contributed by atoms with Gasteiger partial charge in [0.05, 0.1) is 11.1 Å². The maximum Gasteiger partial charge on any atom is 0.196 e. The van der Waals surface area contributed by atoms with Gasteiger partial charge in [0.2, 0.25) is 0 Å². The number of ketones is 2. The van der Waals surface area contributed by atoms with E-state index in [-0.39, 0.29) is 11.6 Å². The molecule has 0 radical (unpaired) electrons. The third-order valence-electron chi connectivity index (χ3n) is 5.34. The zero-order valence-electron chi connectivity index (χ0n) is 15.0. The summed E-state index contributed by atoms with van der Waals surface area (Å²) >= 11 is 0. The Hall–Kier alpha value is -4.19. The molecule has 1 aliphatic carbocycles. The quantitative estimate of drug-likeness (QED) is 0.437. The molecule has 0 amide bonds. The van der Waals surface area contributed by atoms with Crippen LogP contribution >= 0.6 is 0 Å². The molecule has 0 saturated heterocycles. The van der Waals surface area contributed by atoms with Gasteiger partial charge in [-0.15, -0.1) is 10.2 Å². The number of rotatable bonds is 1. The second-order valence-electron chi connectivity index (χ2n) is 6.92. The second kappa shape index (κ2) is 5.65. The molecule has 0 atom stereocenters. The highest BCUT2D eigenvalue weighted by Gasteiger charge is 2.32. The van der Waals surface area contributed by atoms with Crippen molar-refractivity contribution < 1.29 is 9.59 Å². The summed E-state index contributed by atoms with van der Waals surface area (Å²) in [7, 11) is 0. The van der Waals surface area contributed by atoms with Gasteiger partial charge in [-0.25, -0.2) is 4.98 Å². The van der Waals surface area contributed by atoms with Gasteiger partial charge in [0.15, 0.2) is 23.0 Å². The molecule has 6 rings (SSSR count). The van der Waals surface area contributed by atoms with Crippen molar-refractivity contribution in [3.8, 4) is 11.4 Å². The van der Waals surface area contributed by atoms with E-state index in [1.54, 1.807) is 47.1 Å². The molecule has 0 N–H and O–H groups in total. The summed E-state index contributed by atoms with van der Waals surface area (Å²) in [6, 6.07) is 20.1. The number of fused-ring (bicyclic) bond motifs is 6. The van der Waals surface area contributed by atoms with Crippen LogP contribution in [0.1, 0.15) is 31.8 Å². The first-order chi connectivity index (χ1) is 14.2. The van der Waals surface area contributed by atoms with Gasteiger partial charge in [-0.1, -0.05) is 54.6 Å². The predicted octanol–water partition coefficient (Wildman–Crippen LogP) is 3.72. The summed E-state index contributed by atoms with van der Waals surface area (Å²) in [5.41, 5.74) is 3.52. The normalized spacial score (nSPS) is 13.0. The molecule has 0 aliphatic heterocycles. The highest BCUT2D eigenvalue weighted by Crippen LogP contribution is 2.33. The molecule has 0 bridgehead atoms. The average Bonchev–Trinajstić information content (AvgIpc) is 3.22. The van der Waals surface area contributed by atoms with Crippen molar-refractivity contribution in [1.82, 2.24) is 19.6 Å². The van der Waals surface area contributed by atoms with E-state index < -0.39 is 0 Å². The molecule has 2 aromatic heterocycles. The van der Waals surface area contributed by atoms with Crippen molar-refractivity contribution in [2.45, 2.75) is 0 Å². The van der Waals surface area contributed by atoms with E-state index in [1.165, 1.54) is 0 Å². The van der Waals surface area contributed by atoms with Crippen LogP contribution in [0.5, 0.6) is 0 Å². The molecule has 6 nitrogen and oxygen atoms in total. The maximum absolute atomic E-state index is 13.2. The van der Waals surface area contributed by atoms with Crippen LogP contribution in [0.4, 0.5) is 0 Å². The molecule has 29 heavy (non-hydrogen) atoms. The Morgan fingerprint density at radius 2 is 1.41 bits per heavy atom. The minimum Gasteiger partial charge on any atom is -0.289 e. The first kappa shape index (κ1) is 15.8. The second-order valence-corrected chi connectivity index (χ2v) is 6.92. The zero-order chi connectivity index (χ0) is 19.5. The summed E-state index contributed by atoms with van der Waals surface area (Å²) in [6.07, 6.45) is 1.61. The minimum absolute atomic E-state index is 0.162. The lowest BCUT2D eigenvalue weighted by molar-refractivity contribution is 0.0980. The Balaban J connectivity index is 1.65. The minimum atomic E-state index is -0.194. The van der Waals surface area contributed by atoms with Gasteiger partial charge >= 0.3 is 0 Å². The van der Waals surface area contributed by atoms with Gasteiger partial charge in [-0.3, -0.25) is 14.0 Å². The Labute approximate surface area is 164 Å². The Morgan fingerprint density at radius 1 is 0.690 bits per heavy atom. The lowest BCUT2D eigenvalue weighted by Crippen LogP contribution is -2.21. The first-order valence-electron chi connectivity index (χ1n) is 9.14. The van der Waals surface area contributed by atoms with E-state index in [0.717, 1.165) is 5.56 Å². The third-order valence-corrected chi connectivity index (χ3v) is 5.34. The fraction of sp³-hybridized carbons (Fsp3) is 0. The van der Waals surface area contributed by atoms with E-state index in [9.17, 15) is 9.59 Å². The average molecular weight is 376 g/mol. The summed E-state index contributed by atoms with van der Waals surface area (Å²) in [6.45, 7) is 0. The molecule has 0 unspecified atom stereocenters. The summed E-state index contributed by atoms with van der Waals surface area (Å²) in [5, 5.41) is 9.34. The number of carbonyl (C=O) groups excluding carboxylic acids is 2. The van der Waals surface area contributed by atoms with E-state index >= 15 is 0 Å². The summed E-state index contributed by atoms with van der Waals surface area (Å²) in [4.78, 5) is 30.7. The fourth-order valence-electron chi connectivity index (χ4n) is 3.97. The van der Waals surface area contributed by atoms with Crippen LogP contribution in [0.2, 0.25) is 0 Å². The molecule has 6 heteroatoms. The van der Waals surface area contributed by atoms with Crippen LogP contribution in [-0.4, -0.2) is 31.1 Å². The molecule has 0 spiro atoms. The van der Waals surface area contributed by atoms with Crippen molar-refractivity contribution in [3.05, 3.63) is 95.3 Å². The van der Waals surface area contributed by atoms with Gasteiger partial charge in [0.1, 0.15) is 6.33 Å². The van der Waals surface area contributed by atoms with Crippen LogP contribution < -0.4 is 0 Å². The maximum atomic E-state index is 13.2. The van der Waals surface area contributed by atoms with Crippen molar-refractivity contribution >= 4 is 28.1 Å². The van der Waals surface area contributed by atoms with Crippen LogP contribution in [0.25, 0.3) is 27.9 Å². The lowest BCUT2D eigenvalue weighted by atomic mass is 9.83. The van der Waals surface area contributed by atoms with E-state index in [1.807, 2.05) is 30.3 Å². The van der Waals surface area contributed by atoms with Gasteiger partial charge < -0.3 is 0 Å². The highest BCUT2D eigenvalue weighted by atomic mass is 16.1. The molecule has 3 aromatic carbocycles. The number of carbonyl (C=O) groups is 2. The van der Waals surface area contributed by atoms with Crippen molar-refractivity contribution in [2.24, 2.45) is 0 Å². The standard InChI is InChI=1S/C23H12N4O2/c28-20-14-8-4-5-9-15(14)21(29)18-16(20)10-11-17-19(18)24-12-27-22(25-26-23(17)27)13-6-2-1-3-7-13/h1-12H. The molecule has 1 aliphatic rings. The van der Waals surface area contributed by atoms with Crippen molar-refractivity contribution in [3.63, 3.8) is 0 Å². The van der Waals surface area contributed by atoms with E-state index in [2.05, 4.69) is 15.2 Å². The summed E-state index contributed by atoms with van der Waals surface area (Å²) in [5.74, 6) is 0.311. The predicted molar refractivity (Wildman–Crippen MR) is 107 cm³/mol. The lowest BCUT2D eigenvalue weighted by Gasteiger charge is -2.18. The Bertz CT molecular complexity index is 1490. The molecular formula is C23H12N4O2. The number of benzene rings is 3. The largest absolute Gasteiger partial charge is 0.289 e. The molecule has 136 valence electrons. The molecule has 2 heterocycles. The van der Waals surface area contributed by atoms with Crippen LogP contribution in [-0.2, 0) is 0 Å². The highest BCUT2D eigenvalue weighted by molar-refractivity contribution is 6.32. The fourth-order valence-corrected chi connectivity index (χ4v) is 3.97. The van der Waals surface area contributed by atoms with Gasteiger partial charge in [-0.05, 0) is 12.1 Å². The van der Waals surface area contributed by atoms with Crippen LogP contribution in [0.3, 0.4) is 0 Å². The number of aromatic nitrogens is 4. The van der Waals surface area contributed by atoms with Crippen LogP contribution in [0, 0.1) is 0 Å². The van der Waals surface area contributed by atoms with Crippen molar-refractivity contribution in [1.29, 1.82) is 0 Å². The van der Waals surface area contributed by atoms with Crippen LogP contribution in [0.15, 0.2) is 73.1 Å². The first-order valence-corrected chi connectivity index (χ1v) is 9.14. The number of hydrogen-bond donors (Lipinski definition) is 0. The SMILES string of the molecule is O=C1c2ccccc2C(=O)c2c1ccc1c2ncn2c(-c3ccccc3)nnc12. The van der Waals surface area contributed by atoms with E-state index in [0.29, 0.717) is 44.6 Å². The Kier molecular flexibility index (Phi) is 3.09. The topological polar surface area (TPSA) is 77.2 Å². The van der Waals surface area contributed by atoms with Gasteiger partial charge in [0, 0.05) is 27.6 Å². The summed E-state index contributed by atoms with van der Waals surface area (Å²) < 4.78 is 1.80. The van der Waals surface area contributed by atoms with E-state index in [4.69, 9.17) is 0 Å². The molecule has 5 aromatic rings. The monoisotopic (exact) mass is 376 g/mol. The number of hydrogen-bond acceptors (Lipinski definition) is 5. The van der Waals surface area contributed by atoms with Crippen molar-refractivity contribution in [2.75, 3.05) is 0 Å². The molecule has 0 saturated carbocycles. The molecular weight excluding hydrogens is 364 g/mol. The number of nitrogens with zero attached hydrogens (tertiary/aromatic N) is 4. The Morgan fingerprint density at radius 3 is 2.21 bits per heavy atom. The van der Waals surface area contributed by atoms with Gasteiger partial charge in [-0.2, -0.15) is 0 Å². The van der Waals surface area contributed by atoms with Gasteiger partial charge in [0.25, 0.3) is 0 Å². The third kappa shape index (κ3) is 2.08. The smallest absolute Gasteiger partial charge is 0.196 e. The molecule has 0 fully saturated rings. The zero-order valence-corrected chi connectivity index (χ0v) is 15.0.